The van der Waals surface area contributed by atoms with Gasteiger partial charge < -0.3 is 15.7 Å². The zero-order chi connectivity index (χ0) is 24.1. The predicted molar refractivity (Wildman–Crippen MR) is 136 cm³/mol. The van der Waals surface area contributed by atoms with Gasteiger partial charge in [0.1, 0.15) is 6.04 Å². The van der Waals surface area contributed by atoms with E-state index < -0.39 is 17.9 Å². The number of aromatic nitrogens is 1. The van der Waals surface area contributed by atoms with Crippen molar-refractivity contribution in [2.75, 3.05) is 5.32 Å². The zero-order valence-electron chi connectivity index (χ0n) is 18.9. The Balaban J connectivity index is 1.47. The fourth-order valence-electron chi connectivity index (χ4n) is 3.58. The van der Waals surface area contributed by atoms with Gasteiger partial charge in [0, 0.05) is 28.1 Å². The number of thiazole rings is 1. The summed E-state index contributed by atoms with van der Waals surface area (Å²) in [6.45, 7) is 4.08. The number of benzene rings is 3. The van der Waals surface area contributed by atoms with E-state index in [1.54, 1.807) is 18.2 Å². The highest BCUT2D eigenvalue weighted by atomic mass is 32.1. The Morgan fingerprint density at radius 3 is 2.41 bits per heavy atom. The van der Waals surface area contributed by atoms with Crippen LogP contribution in [0.1, 0.15) is 26.4 Å². The molecule has 172 valence electrons. The highest BCUT2D eigenvalue weighted by molar-refractivity contribution is 7.16. The van der Waals surface area contributed by atoms with E-state index in [0.717, 1.165) is 26.8 Å². The number of carbonyl (C=O) groups excluding carboxylic acids is 1. The molecule has 0 saturated carbocycles. The first-order chi connectivity index (χ1) is 16.4. The number of anilines is 2. The Bertz CT molecular complexity index is 1300. The number of aryl methyl sites for hydroxylation is 2. The van der Waals surface area contributed by atoms with Gasteiger partial charge in [-0.3, -0.25) is 4.79 Å². The number of aliphatic carboxylic acids is 1. The molecule has 6 nitrogen and oxygen atoms in total. The van der Waals surface area contributed by atoms with Crippen molar-refractivity contribution in [3.63, 3.8) is 0 Å². The Labute approximate surface area is 202 Å². The Morgan fingerprint density at radius 2 is 1.71 bits per heavy atom. The molecule has 0 spiro atoms. The molecule has 0 aliphatic rings. The van der Waals surface area contributed by atoms with Crippen molar-refractivity contribution < 1.29 is 14.7 Å². The number of carbonyl (C=O) groups is 2. The molecule has 1 aromatic heterocycles. The van der Waals surface area contributed by atoms with Crippen LogP contribution in [0.25, 0.3) is 11.3 Å². The van der Waals surface area contributed by atoms with Crippen LogP contribution in [0, 0.1) is 13.8 Å². The normalized spacial score (nSPS) is 11.6. The van der Waals surface area contributed by atoms with Gasteiger partial charge in [0.2, 0.25) is 0 Å². The van der Waals surface area contributed by atoms with Crippen LogP contribution < -0.4 is 10.6 Å². The summed E-state index contributed by atoms with van der Waals surface area (Å²) >= 11 is 1.54. The zero-order valence-corrected chi connectivity index (χ0v) is 19.7. The second-order valence-electron chi connectivity index (χ2n) is 8.05. The maximum atomic E-state index is 12.8. The van der Waals surface area contributed by atoms with Gasteiger partial charge in [-0.15, -0.1) is 11.3 Å². The lowest BCUT2D eigenvalue weighted by molar-refractivity contribution is -0.139. The Kier molecular flexibility index (Phi) is 7.04. The second-order valence-corrected chi connectivity index (χ2v) is 9.25. The molecular weight excluding hydrogens is 446 g/mol. The molecule has 34 heavy (non-hydrogen) atoms. The number of nitrogens with zero attached hydrogens (tertiary/aromatic N) is 1. The molecular formula is C27H25N3O3S. The van der Waals surface area contributed by atoms with Gasteiger partial charge in [-0.2, -0.15) is 0 Å². The average Bonchev–Trinajstić information content (AvgIpc) is 3.19. The summed E-state index contributed by atoms with van der Waals surface area (Å²) in [7, 11) is 0. The van der Waals surface area contributed by atoms with E-state index in [2.05, 4.69) is 34.9 Å². The molecule has 0 fully saturated rings. The average molecular weight is 472 g/mol. The molecule has 0 aliphatic carbocycles. The monoisotopic (exact) mass is 471 g/mol. The Hall–Kier alpha value is -3.97. The number of carboxylic acid groups (broad SMARTS) is 1. The molecule has 0 aliphatic heterocycles. The minimum Gasteiger partial charge on any atom is -0.480 e. The number of hydrogen-bond acceptors (Lipinski definition) is 5. The lowest BCUT2D eigenvalue weighted by Crippen LogP contribution is -2.42. The molecule has 1 amide bonds. The SMILES string of the molecule is Cc1ccc(-c2nc(Nc3cccc(C(=O)N[C@@H](Cc4ccccc4)C(=O)O)c3)sc2C)cc1. The summed E-state index contributed by atoms with van der Waals surface area (Å²) < 4.78 is 0. The summed E-state index contributed by atoms with van der Waals surface area (Å²) in [5.41, 5.74) is 5.08. The van der Waals surface area contributed by atoms with E-state index in [1.807, 2.05) is 50.2 Å². The van der Waals surface area contributed by atoms with Crippen molar-refractivity contribution >= 4 is 34.0 Å². The summed E-state index contributed by atoms with van der Waals surface area (Å²) in [4.78, 5) is 30.3. The quantitative estimate of drug-likeness (QED) is 0.311. The van der Waals surface area contributed by atoms with Gasteiger partial charge in [-0.1, -0.05) is 66.2 Å². The summed E-state index contributed by atoms with van der Waals surface area (Å²) in [5.74, 6) is -1.52. The standard InChI is InChI=1S/C27H25N3O3S/c1-17-11-13-20(14-12-17)24-18(2)34-27(30-24)28-22-10-6-9-21(16-22)25(31)29-23(26(32)33)15-19-7-4-3-5-8-19/h3-14,16,23H,15H2,1-2H3,(H,28,30)(H,29,31)(H,32,33)/t23-/m0/s1. The fraction of sp³-hybridized carbons (Fsp3) is 0.148. The smallest absolute Gasteiger partial charge is 0.326 e. The molecule has 3 N–H and O–H groups in total. The van der Waals surface area contributed by atoms with Crippen molar-refractivity contribution in [1.29, 1.82) is 0 Å². The molecule has 0 radical (unpaired) electrons. The minimum atomic E-state index is -1.08. The van der Waals surface area contributed by atoms with Gasteiger partial charge in [0.15, 0.2) is 5.13 Å². The van der Waals surface area contributed by atoms with Gasteiger partial charge in [-0.05, 0) is 37.6 Å². The lowest BCUT2D eigenvalue weighted by Gasteiger charge is -2.15. The molecule has 3 aromatic carbocycles. The fourth-order valence-corrected chi connectivity index (χ4v) is 4.44. The molecule has 1 atom stereocenters. The van der Waals surface area contributed by atoms with E-state index in [-0.39, 0.29) is 6.42 Å². The van der Waals surface area contributed by atoms with Gasteiger partial charge in [0.05, 0.1) is 5.69 Å². The van der Waals surface area contributed by atoms with Crippen molar-refractivity contribution in [2.24, 2.45) is 0 Å². The van der Waals surface area contributed by atoms with Gasteiger partial charge in [-0.25, -0.2) is 9.78 Å². The number of rotatable bonds is 8. The maximum absolute atomic E-state index is 12.8. The number of carboxylic acids is 1. The minimum absolute atomic E-state index is 0.208. The largest absolute Gasteiger partial charge is 0.480 e. The third kappa shape index (κ3) is 5.68. The summed E-state index contributed by atoms with van der Waals surface area (Å²) in [6, 6.07) is 23.4. The van der Waals surface area contributed by atoms with Gasteiger partial charge >= 0.3 is 5.97 Å². The van der Waals surface area contributed by atoms with Crippen LogP contribution in [0.15, 0.2) is 78.9 Å². The van der Waals surface area contributed by atoms with Crippen molar-refractivity contribution in [2.45, 2.75) is 26.3 Å². The van der Waals surface area contributed by atoms with Crippen LogP contribution in [0.3, 0.4) is 0 Å². The first kappa shape index (κ1) is 23.2. The van der Waals surface area contributed by atoms with Crippen LogP contribution in [-0.4, -0.2) is 28.0 Å². The van der Waals surface area contributed by atoms with Crippen LogP contribution in [0.2, 0.25) is 0 Å². The van der Waals surface area contributed by atoms with E-state index >= 15 is 0 Å². The Morgan fingerprint density at radius 1 is 0.971 bits per heavy atom. The highest BCUT2D eigenvalue weighted by Gasteiger charge is 2.21. The molecule has 0 bridgehead atoms. The summed E-state index contributed by atoms with van der Waals surface area (Å²) in [5, 5.41) is 16.2. The van der Waals surface area contributed by atoms with Crippen LogP contribution in [0.4, 0.5) is 10.8 Å². The lowest BCUT2D eigenvalue weighted by atomic mass is 10.1. The third-order valence-corrected chi connectivity index (χ3v) is 6.27. The molecule has 4 aromatic rings. The van der Waals surface area contributed by atoms with E-state index in [4.69, 9.17) is 4.98 Å². The molecule has 0 unspecified atom stereocenters. The van der Waals surface area contributed by atoms with E-state index in [9.17, 15) is 14.7 Å². The predicted octanol–water partition coefficient (Wildman–Crippen LogP) is 5.60. The van der Waals surface area contributed by atoms with Crippen LogP contribution >= 0.6 is 11.3 Å². The van der Waals surface area contributed by atoms with Crippen LogP contribution in [-0.2, 0) is 11.2 Å². The second kappa shape index (κ2) is 10.3. The summed E-state index contributed by atoms with van der Waals surface area (Å²) in [6.07, 6.45) is 0.208. The van der Waals surface area contributed by atoms with E-state index in [1.165, 1.54) is 16.9 Å². The molecule has 0 saturated heterocycles. The van der Waals surface area contributed by atoms with Gasteiger partial charge in [0.25, 0.3) is 5.91 Å². The molecule has 1 heterocycles. The van der Waals surface area contributed by atoms with Crippen molar-refractivity contribution in [3.05, 3.63) is 100 Å². The maximum Gasteiger partial charge on any atom is 0.326 e. The van der Waals surface area contributed by atoms with Crippen molar-refractivity contribution in [3.8, 4) is 11.3 Å². The first-order valence-electron chi connectivity index (χ1n) is 10.9. The topological polar surface area (TPSA) is 91.3 Å². The number of nitrogens with one attached hydrogen (secondary N) is 2. The molecule has 7 heteroatoms. The molecule has 4 rings (SSSR count). The highest BCUT2D eigenvalue weighted by Crippen LogP contribution is 2.32. The van der Waals surface area contributed by atoms with Crippen molar-refractivity contribution in [1.82, 2.24) is 10.3 Å². The number of hydrogen-bond donors (Lipinski definition) is 3. The first-order valence-corrected chi connectivity index (χ1v) is 11.7. The van der Waals surface area contributed by atoms with Crippen LogP contribution in [0.5, 0.6) is 0 Å². The third-order valence-electron chi connectivity index (χ3n) is 5.38. The van der Waals surface area contributed by atoms with E-state index in [0.29, 0.717) is 11.3 Å². The number of amides is 1.